The lowest BCUT2D eigenvalue weighted by molar-refractivity contribution is -0.0784. The van der Waals surface area contributed by atoms with Crippen molar-refractivity contribution in [2.75, 3.05) is 20.8 Å². The van der Waals surface area contributed by atoms with Crippen LogP contribution in [0.3, 0.4) is 0 Å². The van der Waals surface area contributed by atoms with Crippen LogP contribution in [0.1, 0.15) is 13.3 Å². The molecule has 0 aromatic carbocycles. The fourth-order valence-corrected chi connectivity index (χ4v) is 1.24. The molecular formula is C8H14O3. The van der Waals surface area contributed by atoms with Crippen LogP contribution in [0.4, 0.5) is 0 Å². The largest absolute Gasteiger partial charge is 0.498 e. The predicted molar refractivity (Wildman–Crippen MR) is 41.1 cm³/mol. The highest BCUT2D eigenvalue weighted by molar-refractivity contribution is 5.15. The second kappa shape index (κ2) is 3.74. The number of ether oxygens (including phenoxy) is 3. The molecule has 1 aliphatic rings. The van der Waals surface area contributed by atoms with E-state index in [0.717, 1.165) is 17.8 Å². The second-order valence-corrected chi connectivity index (χ2v) is 2.38. The fourth-order valence-electron chi connectivity index (χ4n) is 1.24. The first-order valence-electron chi connectivity index (χ1n) is 3.73. The summed E-state index contributed by atoms with van der Waals surface area (Å²) >= 11 is 0. The van der Waals surface area contributed by atoms with Crippen LogP contribution in [0.2, 0.25) is 0 Å². The first-order chi connectivity index (χ1) is 5.33. The zero-order valence-electron chi connectivity index (χ0n) is 7.22. The predicted octanol–water partition coefficient (Wildman–Crippen LogP) is 1.30. The van der Waals surface area contributed by atoms with E-state index in [1.54, 1.807) is 14.2 Å². The monoisotopic (exact) mass is 158 g/mol. The maximum atomic E-state index is 5.29. The average molecular weight is 158 g/mol. The van der Waals surface area contributed by atoms with Gasteiger partial charge in [-0.15, -0.1) is 0 Å². The van der Waals surface area contributed by atoms with Crippen molar-refractivity contribution in [3.63, 3.8) is 0 Å². The smallest absolute Gasteiger partial charge is 0.183 e. The van der Waals surface area contributed by atoms with Gasteiger partial charge in [0.25, 0.3) is 0 Å². The number of rotatable bonds is 3. The Morgan fingerprint density at radius 1 is 1.55 bits per heavy atom. The molecule has 11 heavy (non-hydrogen) atoms. The van der Waals surface area contributed by atoms with Gasteiger partial charge in [-0.2, -0.15) is 0 Å². The number of hydrogen-bond acceptors (Lipinski definition) is 3. The molecule has 0 spiro atoms. The van der Waals surface area contributed by atoms with E-state index in [4.69, 9.17) is 14.2 Å². The second-order valence-electron chi connectivity index (χ2n) is 2.38. The Morgan fingerprint density at radius 2 is 2.27 bits per heavy atom. The van der Waals surface area contributed by atoms with Gasteiger partial charge in [0.15, 0.2) is 6.29 Å². The molecule has 64 valence electrons. The van der Waals surface area contributed by atoms with Crippen molar-refractivity contribution in [1.82, 2.24) is 0 Å². The van der Waals surface area contributed by atoms with Crippen LogP contribution in [0.5, 0.6) is 0 Å². The van der Waals surface area contributed by atoms with E-state index in [-0.39, 0.29) is 6.29 Å². The fraction of sp³-hybridized carbons (Fsp3) is 0.750. The van der Waals surface area contributed by atoms with Crippen molar-refractivity contribution in [2.45, 2.75) is 19.6 Å². The Bertz CT molecular complexity index is 163. The van der Waals surface area contributed by atoms with Crippen LogP contribution in [0.25, 0.3) is 0 Å². The van der Waals surface area contributed by atoms with Gasteiger partial charge < -0.3 is 14.2 Å². The van der Waals surface area contributed by atoms with Crippen molar-refractivity contribution < 1.29 is 14.2 Å². The minimum Gasteiger partial charge on any atom is -0.498 e. The summed E-state index contributed by atoms with van der Waals surface area (Å²) in [6.07, 6.45) is 0.733. The van der Waals surface area contributed by atoms with E-state index in [9.17, 15) is 0 Å². The third-order valence-corrected chi connectivity index (χ3v) is 1.85. The molecule has 0 amide bonds. The van der Waals surface area contributed by atoms with Gasteiger partial charge in [0.2, 0.25) is 0 Å². The highest BCUT2D eigenvalue weighted by Crippen LogP contribution is 2.24. The maximum absolute atomic E-state index is 5.29. The highest BCUT2D eigenvalue weighted by atomic mass is 16.7. The van der Waals surface area contributed by atoms with Crippen LogP contribution in [0.15, 0.2) is 11.3 Å². The Balaban J connectivity index is 2.70. The lowest BCUT2D eigenvalue weighted by Crippen LogP contribution is -2.11. The summed E-state index contributed by atoms with van der Waals surface area (Å²) in [5.74, 6) is 0.916. The van der Waals surface area contributed by atoms with Gasteiger partial charge in [0, 0.05) is 12.7 Å². The number of hydrogen-bond donors (Lipinski definition) is 0. The van der Waals surface area contributed by atoms with Gasteiger partial charge in [0.05, 0.1) is 7.11 Å². The van der Waals surface area contributed by atoms with Crippen molar-refractivity contribution >= 4 is 0 Å². The molecule has 1 aliphatic heterocycles. The summed E-state index contributed by atoms with van der Waals surface area (Å²) in [6, 6.07) is 0. The summed E-state index contributed by atoms with van der Waals surface area (Å²) in [5, 5.41) is 0. The van der Waals surface area contributed by atoms with Crippen LogP contribution in [-0.2, 0) is 14.2 Å². The van der Waals surface area contributed by atoms with Gasteiger partial charge in [-0.3, -0.25) is 0 Å². The van der Waals surface area contributed by atoms with Crippen molar-refractivity contribution in [2.24, 2.45) is 0 Å². The first-order valence-corrected chi connectivity index (χ1v) is 3.73. The van der Waals surface area contributed by atoms with Gasteiger partial charge in [-0.25, -0.2) is 0 Å². The topological polar surface area (TPSA) is 27.7 Å². The van der Waals surface area contributed by atoms with E-state index in [2.05, 4.69) is 6.92 Å². The quantitative estimate of drug-likeness (QED) is 0.619. The molecule has 3 nitrogen and oxygen atoms in total. The molecule has 1 atom stereocenters. The Labute approximate surface area is 66.9 Å². The van der Waals surface area contributed by atoms with Crippen molar-refractivity contribution in [3.8, 4) is 0 Å². The van der Waals surface area contributed by atoms with Crippen molar-refractivity contribution in [3.05, 3.63) is 11.3 Å². The van der Waals surface area contributed by atoms with E-state index in [1.165, 1.54) is 0 Å². The van der Waals surface area contributed by atoms with E-state index >= 15 is 0 Å². The third-order valence-electron chi connectivity index (χ3n) is 1.85. The van der Waals surface area contributed by atoms with E-state index in [0.29, 0.717) is 6.61 Å². The number of methoxy groups -OCH3 is 2. The van der Waals surface area contributed by atoms with E-state index in [1.807, 2.05) is 0 Å². The minimum absolute atomic E-state index is 0.185. The van der Waals surface area contributed by atoms with E-state index < -0.39 is 0 Å². The van der Waals surface area contributed by atoms with Gasteiger partial charge in [-0.1, -0.05) is 6.92 Å². The maximum Gasteiger partial charge on any atom is 0.183 e. The summed E-state index contributed by atoms with van der Waals surface area (Å²) in [4.78, 5) is 0. The van der Waals surface area contributed by atoms with Crippen LogP contribution in [0, 0.1) is 0 Å². The summed E-state index contributed by atoms with van der Waals surface area (Å²) < 4.78 is 15.5. The lowest BCUT2D eigenvalue weighted by atomic mass is 10.2. The molecular weight excluding hydrogens is 144 g/mol. The Kier molecular flexibility index (Phi) is 2.91. The standard InChI is InChI=1S/C8H14O3/c1-4-6-7(9-2)5-11-8(6)10-3/h8H,4-5H2,1-3H3. The Morgan fingerprint density at radius 3 is 2.73 bits per heavy atom. The molecule has 0 aromatic heterocycles. The average Bonchev–Trinajstić information content (AvgIpc) is 2.45. The Hall–Kier alpha value is -0.540. The molecule has 0 fully saturated rings. The van der Waals surface area contributed by atoms with Gasteiger partial charge in [-0.05, 0) is 6.42 Å². The molecule has 3 heteroatoms. The zero-order valence-corrected chi connectivity index (χ0v) is 7.22. The SMILES string of the molecule is CCC1=C(OC)COC1OC. The molecule has 1 rings (SSSR count). The summed E-state index contributed by atoms with van der Waals surface area (Å²) in [7, 11) is 3.30. The molecule has 1 unspecified atom stereocenters. The molecule has 1 heterocycles. The molecule has 0 saturated carbocycles. The van der Waals surface area contributed by atoms with Gasteiger partial charge >= 0.3 is 0 Å². The van der Waals surface area contributed by atoms with Crippen LogP contribution < -0.4 is 0 Å². The highest BCUT2D eigenvalue weighted by Gasteiger charge is 2.25. The molecule has 0 aliphatic carbocycles. The zero-order chi connectivity index (χ0) is 8.27. The normalized spacial score (nSPS) is 24.5. The van der Waals surface area contributed by atoms with Crippen molar-refractivity contribution in [1.29, 1.82) is 0 Å². The molecule has 0 N–H and O–H groups in total. The molecule has 0 aromatic rings. The molecule has 0 radical (unpaired) electrons. The molecule has 0 saturated heterocycles. The van der Waals surface area contributed by atoms with Crippen LogP contribution in [-0.4, -0.2) is 27.1 Å². The molecule has 0 bridgehead atoms. The summed E-state index contributed by atoms with van der Waals surface area (Å²) in [5.41, 5.74) is 1.12. The lowest BCUT2D eigenvalue weighted by Gasteiger charge is -2.09. The van der Waals surface area contributed by atoms with Gasteiger partial charge in [0.1, 0.15) is 12.4 Å². The third kappa shape index (κ3) is 1.54. The minimum atomic E-state index is -0.185. The summed E-state index contributed by atoms with van der Waals surface area (Å²) in [6.45, 7) is 2.60. The first kappa shape index (κ1) is 8.56. The van der Waals surface area contributed by atoms with Crippen LogP contribution >= 0.6 is 0 Å².